The second-order valence-corrected chi connectivity index (χ2v) is 5.93. The number of ether oxygens (including phenoxy) is 1. The minimum Gasteiger partial charge on any atom is -0.382 e. The zero-order valence-electron chi connectivity index (χ0n) is 11.2. The first-order valence-electron chi connectivity index (χ1n) is 6.66. The molecule has 0 spiro atoms. The van der Waals surface area contributed by atoms with E-state index in [2.05, 4.69) is 43.4 Å². The van der Waals surface area contributed by atoms with Crippen molar-refractivity contribution in [3.05, 3.63) is 29.8 Å². The van der Waals surface area contributed by atoms with E-state index in [-0.39, 0.29) is 5.60 Å². The van der Waals surface area contributed by atoms with Crippen LogP contribution >= 0.6 is 11.6 Å². The smallest absolute Gasteiger partial charge is 0.0755 e. The van der Waals surface area contributed by atoms with Crippen LogP contribution in [-0.4, -0.2) is 24.1 Å². The Morgan fingerprint density at radius 1 is 1.33 bits per heavy atom. The summed E-state index contributed by atoms with van der Waals surface area (Å²) in [7, 11) is 0. The average molecular weight is 268 g/mol. The molecule has 1 unspecified atom stereocenters. The standard InChI is InChI=1S/C15H22ClNO/c1-15(2)9-7-14(18-15)11-17-13-5-3-12(4-6-13)8-10-16/h3-6,14,17H,7-11H2,1-2H3. The summed E-state index contributed by atoms with van der Waals surface area (Å²) in [5.41, 5.74) is 2.49. The largest absolute Gasteiger partial charge is 0.382 e. The van der Waals surface area contributed by atoms with Crippen LogP contribution < -0.4 is 5.32 Å². The Bertz CT molecular complexity index is 375. The maximum Gasteiger partial charge on any atom is 0.0755 e. The number of nitrogens with one attached hydrogen (secondary N) is 1. The van der Waals surface area contributed by atoms with Gasteiger partial charge >= 0.3 is 0 Å². The Kier molecular flexibility index (Phi) is 4.52. The van der Waals surface area contributed by atoms with Gasteiger partial charge in [0.2, 0.25) is 0 Å². The van der Waals surface area contributed by atoms with Crippen LogP contribution in [-0.2, 0) is 11.2 Å². The number of hydrogen-bond donors (Lipinski definition) is 1. The highest BCUT2D eigenvalue weighted by atomic mass is 35.5. The lowest BCUT2D eigenvalue weighted by molar-refractivity contribution is -0.00910. The molecular weight excluding hydrogens is 246 g/mol. The van der Waals surface area contributed by atoms with Crippen LogP contribution in [0, 0.1) is 0 Å². The van der Waals surface area contributed by atoms with Crippen molar-refractivity contribution < 1.29 is 4.74 Å². The quantitative estimate of drug-likeness (QED) is 0.819. The van der Waals surface area contributed by atoms with E-state index in [0.717, 1.165) is 31.5 Å². The lowest BCUT2D eigenvalue weighted by Gasteiger charge is -2.19. The molecule has 1 N–H and O–H groups in total. The number of benzene rings is 1. The van der Waals surface area contributed by atoms with Gasteiger partial charge in [-0.3, -0.25) is 0 Å². The van der Waals surface area contributed by atoms with Crippen molar-refractivity contribution in [2.24, 2.45) is 0 Å². The summed E-state index contributed by atoms with van der Waals surface area (Å²) in [4.78, 5) is 0. The number of rotatable bonds is 5. The highest BCUT2D eigenvalue weighted by Crippen LogP contribution is 2.29. The average Bonchev–Trinajstić information content (AvgIpc) is 2.69. The fourth-order valence-corrected chi connectivity index (χ4v) is 2.57. The van der Waals surface area contributed by atoms with Gasteiger partial charge in [-0.1, -0.05) is 12.1 Å². The predicted octanol–water partition coefficient (Wildman–Crippen LogP) is 3.84. The monoisotopic (exact) mass is 267 g/mol. The molecule has 2 rings (SSSR count). The van der Waals surface area contributed by atoms with Crippen molar-refractivity contribution in [2.75, 3.05) is 17.7 Å². The Morgan fingerprint density at radius 2 is 2.06 bits per heavy atom. The van der Waals surface area contributed by atoms with Crippen LogP contribution in [0.5, 0.6) is 0 Å². The topological polar surface area (TPSA) is 21.3 Å². The minimum atomic E-state index is 0.0521. The van der Waals surface area contributed by atoms with Gasteiger partial charge in [0.15, 0.2) is 0 Å². The number of aryl methyl sites for hydroxylation is 1. The molecule has 0 aromatic heterocycles. The van der Waals surface area contributed by atoms with E-state index in [1.165, 1.54) is 5.56 Å². The van der Waals surface area contributed by atoms with E-state index in [1.807, 2.05) is 0 Å². The van der Waals surface area contributed by atoms with Crippen LogP contribution in [0.1, 0.15) is 32.3 Å². The Balaban J connectivity index is 1.80. The normalized spacial score (nSPS) is 22.1. The second kappa shape index (κ2) is 5.94. The molecule has 0 amide bonds. The molecular formula is C15H22ClNO. The molecule has 0 radical (unpaired) electrons. The first-order chi connectivity index (χ1) is 8.59. The molecule has 1 aromatic rings. The number of hydrogen-bond acceptors (Lipinski definition) is 2. The van der Waals surface area contributed by atoms with Crippen LogP contribution in [0.3, 0.4) is 0 Å². The second-order valence-electron chi connectivity index (χ2n) is 5.56. The van der Waals surface area contributed by atoms with E-state index < -0.39 is 0 Å². The molecule has 0 bridgehead atoms. The molecule has 0 aliphatic carbocycles. The number of alkyl halides is 1. The lowest BCUT2D eigenvalue weighted by Crippen LogP contribution is -2.24. The third-order valence-corrected chi connectivity index (χ3v) is 3.61. The van der Waals surface area contributed by atoms with Gasteiger partial charge in [-0.15, -0.1) is 11.6 Å². The molecule has 1 fully saturated rings. The molecule has 100 valence electrons. The molecule has 2 nitrogen and oxygen atoms in total. The summed E-state index contributed by atoms with van der Waals surface area (Å²) in [6.07, 6.45) is 3.56. The van der Waals surface area contributed by atoms with Gasteiger partial charge in [-0.25, -0.2) is 0 Å². The predicted molar refractivity (Wildman–Crippen MR) is 77.5 cm³/mol. The van der Waals surface area contributed by atoms with Crippen LogP contribution in [0.15, 0.2) is 24.3 Å². The molecule has 1 aromatic carbocycles. The zero-order valence-corrected chi connectivity index (χ0v) is 12.0. The molecule has 3 heteroatoms. The molecule has 1 saturated heterocycles. The third kappa shape index (κ3) is 3.89. The molecule has 1 aliphatic rings. The Labute approximate surface area is 115 Å². The summed E-state index contributed by atoms with van der Waals surface area (Å²) >= 11 is 5.72. The van der Waals surface area contributed by atoms with Crippen molar-refractivity contribution in [2.45, 2.75) is 44.8 Å². The van der Waals surface area contributed by atoms with Crippen LogP contribution in [0.2, 0.25) is 0 Å². The third-order valence-electron chi connectivity index (χ3n) is 3.43. The lowest BCUT2D eigenvalue weighted by atomic mass is 10.1. The van der Waals surface area contributed by atoms with Crippen molar-refractivity contribution in [3.63, 3.8) is 0 Å². The highest BCUT2D eigenvalue weighted by molar-refractivity contribution is 6.17. The summed E-state index contributed by atoms with van der Waals surface area (Å²) < 4.78 is 5.95. The molecule has 1 heterocycles. The van der Waals surface area contributed by atoms with Gasteiger partial charge in [0.1, 0.15) is 0 Å². The molecule has 1 aliphatic heterocycles. The first-order valence-corrected chi connectivity index (χ1v) is 7.19. The Morgan fingerprint density at radius 3 is 2.61 bits per heavy atom. The van der Waals surface area contributed by atoms with Gasteiger partial charge in [-0.05, 0) is 50.8 Å². The van der Waals surface area contributed by atoms with Crippen molar-refractivity contribution in [3.8, 4) is 0 Å². The summed E-state index contributed by atoms with van der Waals surface area (Å²) in [5.74, 6) is 0.678. The highest BCUT2D eigenvalue weighted by Gasteiger charge is 2.31. The van der Waals surface area contributed by atoms with E-state index in [4.69, 9.17) is 16.3 Å². The van der Waals surface area contributed by atoms with E-state index in [9.17, 15) is 0 Å². The fourth-order valence-electron chi connectivity index (χ4n) is 2.35. The summed E-state index contributed by atoms with van der Waals surface area (Å²) in [5, 5.41) is 3.44. The van der Waals surface area contributed by atoms with Crippen molar-refractivity contribution >= 4 is 17.3 Å². The van der Waals surface area contributed by atoms with Gasteiger partial charge in [0.05, 0.1) is 11.7 Å². The maximum absolute atomic E-state index is 5.95. The molecule has 1 atom stereocenters. The van der Waals surface area contributed by atoms with Crippen molar-refractivity contribution in [1.29, 1.82) is 0 Å². The summed E-state index contributed by atoms with van der Waals surface area (Å²) in [6.45, 7) is 5.21. The number of halogens is 1. The fraction of sp³-hybridized carbons (Fsp3) is 0.600. The maximum atomic E-state index is 5.95. The first kappa shape index (κ1) is 13.7. The van der Waals surface area contributed by atoms with Crippen LogP contribution in [0.25, 0.3) is 0 Å². The van der Waals surface area contributed by atoms with Gasteiger partial charge in [-0.2, -0.15) is 0 Å². The molecule has 0 saturated carbocycles. The zero-order chi connectivity index (χ0) is 13.0. The van der Waals surface area contributed by atoms with Gasteiger partial charge in [0.25, 0.3) is 0 Å². The minimum absolute atomic E-state index is 0.0521. The molecule has 18 heavy (non-hydrogen) atoms. The van der Waals surface area contributed by atoms with Gasteiger partial charge < -0.3 is 10.1 Å². The number of anilines is 1. The van der Waals surface area contributed by atoms with Gasteiger partial charge in [0, 0.05) is 18.1 Å². The van der Waals surface area contributed by atoms with Crippen LogP contribution in [0.4, 0.5) is 5.69 Å². The van der Waals surface area contributed by atoms with Crippen molar-refractivity contribution in [1.82, 2.24) is 0 Å². The van der Waals surface area contributed by atoms with E-state index >= 15 is 0 Å². The SMILES string of the molecule is CC1(C)CCC(CNc2ccc(CCCl)cc2)O1. The van der Waals surface area contributed by atoms with E-state index in [1.54, 1.807) is 0 Å². The summed E-state index contributed by atoms with van der Waals surface area (Å²) in [6, 6.07) is 8.48. The van der Waals surface area contributed by atoms with E-state index in [0.29, 0.717) is 12.0 Å². The Hall–Kier alpha value is -0.730.